The molecule has 0 bridgehead atoms. The summed E-state index contributed by atoms with van der Waals surface area (Å²) in [6, 6.07) is 11.0. The number of carbonyl (C=O) groups is 1. The van der Waals surface area contributed by atoms with E-state index in [2.05, 4.69) is 62.7 Å². The predicted molar refractivity (Wildman–Crippen MR) is 128 cm³/mol. The maximum Gasteiger partial charge on any atom is 0.233 e. The van der Waals surface area contributed by atoms with E-state index in [1.165, 1.54) is 36.6 Å². The van der Waals surface area contributed by atoms with Crippen molar-refractivity contribution in [3.05, 3.63) is 35.9 Å². The molecule has 174 valence electrons. The Labute approximate surface area is 195 Å². The van der Waals surface area contributed by atoms with Gasteiger partial charge in [-0.3, -0.25) is 9.36 Å². The van der Waals surface area contributed by atoms with Crippen LogP contribution in [0.25, 0.3) is 0 Å². The standard InChI is InChI=1S/C24H35N5O2S/c1-19(2)29(21-11-7-4-8-12-21)22(30)18-32-24-26-25-23(27-13-15-31-16-14-27)28(24)17-20-9-5-3-6-10-20/h3,5-6,9-10,19,21H,4,7-8,11-18H2,1-2H3. The van der Waals surface area contributed by atoms with Crippen molar-refractivity contribution in [3.63, 3.8) is 0 Å². The normalized spacial score (nSPS) is 17.7. The third kappa shape index (κ3) is 5.64. The van der Waals surface area contributed by atoms with Crippen LogP contribution >= 0.6 is 11.8 Å². The van der Waals surface area contributed by atoms with Crippen LogP contribution in [-0.4, -0.2) is 69.7 Å². The Morgan fingerprint density at radius 2 is 1.84 bits per heavy atom. The quantitative estimate of drug-likeness (QED) is 0.562. The highest BCUT2D eigenvalue weighted by Gasteiger charge is 2.28. The molecule has 32 heavy (non-hydrogen) atoms. The number of carbonyl (C=O) groups excluding carboxylic acids is 1. The summed E-state index contributed by atoms with van der Waals surface area (Å²) in [7, 11) is 0. The average Bonchev–Trinajstić information content (AvgIpc) is 3.22. The van der Waals surface area contributed by atoms with Gasteiger partial charge >= 0.3 is 0 Å². The zero-order chi connectivity index (χ0) is 22.3. The first-order valence-electron chi connectivity index (χ1n) is 11.9. The van der Waals surface area contributed by atoms with Crippen LogP contribution < -0.4 is 4.90 Å². The van der Waals surface area contributed by atoms with E-state index in [4.69, 9.17) is 4.74 Å². The van der Waals surface area contributed by atoms with Crippen molar-refractivity contribution in [2.24, 2.45) is 0 Å². The van der Waals surface area contributed by atoms with Crippen molar-refractivity contribution in [2.75, 3.05) is 37.0 Å². The van der Waals surface area contributed by atoms with Gasteiger partial charge in [-0.1, -0.05) is 61.4 Å². The molecule has 7 nitrogen and oxygen atoms in total. The van der Waals surface area contributed by atoms with Crippen molar-refractivity contribution in [1.29, 1.82) is 0 Å². The van der Waals surface area contributed by atoms with E-state index in [-0.39, 0.29) is 11.9 Å². The van der Waals surface area contributed by atoms with E-state index in [0.29, 0.717) is 31.6 Å². The number of morpholine rings is 1. The molecule has 1 saturated carbocycles. The monoisotopic (exact) mass is 457 g/mol. The molecule has 0 N–H and O–H groups in total. The molecule has 1 aliphatic carbocycles. The molecule has 2 fully saturated rings. The Balaban J connectivity index is 1.50. The van der Waals surface area contributed by atoms with Gasteiger partial charge in [0.05, 0.1) is 25.5 Å². The Bertz CT molecular complexity index is 861. The second-order valence-electron chi connectivity index (χ2n) is 8.93. The third-order valence-corrected chi connectivity index (χ3v) is 7.26. The first-order valence-corrected chi connectivity index (χ1v) is 12.9. The van der Waals surface area contributed by atoms with Gasteiger partial charge in [-0.15, -0.1) is 10.2 Å². The van der Waals surface area contributed by atoms with Crippen molar-refractivity contribution in [2.45, 2.75) is 69.7 Å². The van der Waals surface area contributed by atoms with Crippen LogP contribution in [0.3, 0.4) is 0 Å². The average molecular weight is 458 g/mol. The number of aromatic nitrogens is 3. The lowest BCUT2D eigenvalue weighted by Crippen LogP contribution is -2.46. The fourth-order valence-electron chi connectivity index (χ4n) is 4.76. The topological polar surface area (TPSA) is 63.5 Å². The van der Waals surface area contributed by atoms with Crippen molar-refractivity contribution >= 4 is 23.6 Å². The Morgan fingerprint density at radius 3 is 2.53 bits per heavy atom. The predicted octanol–water partition coefficient (Wildman–Crippen LogP) is 3.82. The van der Waals surface area contributed by atoms with Gasteiger partial charge in [-0.25, -0.2) is 0 Å². The number of anilines is 1. The number of amides is 1. The van der Waals surface area contributed by atoms with Crippen LogP contribution in [0.2, 0.25) is 0 Å². The molecule has 1 aromatic carbocycles. The Kier molecular flexibility index (Phi) is 8.08. The van der Waals surface area contributed by atoms with Gasteiger partial charge in [0.1, 0.15) is 0 Å². The molecule has 2 aromatic rings. The Morgan fingerprint density at radius 1 is 1.12 bits per heavy atom. The summed E-state index contributed by atoms with van der Waals surface area (Å²) in [5, 5.41) is 9.82. The molecular weight excluding hydrogens is 422 g/mol. The molecule has 1 saturated heterocycles. The van der Waals surface area contributed by atoms with Gasteiger partial charge in [0.25, 0.3) is 0 Å². The molecule has 0 spiro atoms. The minimum atomic E-state index is 0.207. The molecule has 0 radical (unpaired) electrons. The smallest absolute Gasteiger partial charge is 0.233 e. The second kappa shape index (κ2) is 11.2. The van der Waals surface area contributed by atoms with Crippen LogP contribution in [0, 0.1) is 0 Å². The summed E-state index contributed by atoms with van der Waals surface area (Å²) in [6.07, 6.45) is 5.99. The summed E-state index contributed by atoms with van der Waals surface area (Å²) in [5.74, 6) is 1.46. The van der Waals surface area contributed by atoms with Gasteiger partial charge in [0, 0.05) is 25.2 Å². The van der Waals surface area contributed by atoms with Gasteiger partial charge in [-0.2, -0.15) is 0 Å². The van der Waals surface area contributed by atoms with E-state index in [0.717, 1.165) is 37.0 Å². The lowest BCUT2D eigenvalue weighted by molar-refractivity contribution is -0.133. The van der Waals surface area contributed by atoms with E-state index in [1.54, 1.807) is 0 Å². The van der Waals surface area contributed by atoms with Crippen molar-refractivity contribution in [1.82, 2.24) is 19.7 Å². The molecule has 2 heterocycles. The summed E-state index contributed by atoms with van der Waals surface area (Å²) >= 11 is 1.51. The van der Waals surface area contributed by atoms with Gasteiger partial charge < -0.3 is 14.5 Å². The zero-order valence-corrected chi connectivity index (χ0v) is 20.1. The highest BCUT2D eigenvalue weighted by molar-refractivity contribution is 7.99. The SMILES string of the molecule is CC(C)N(C(=O)CSc1nnc(N2CCOCC2)n1Cc1ccccc1)C1CCCCC1. The van der Waals surface area contributed by atoms with Crippen LogP contribution in [0.15, 0.2) is 35.5 Å². The van der Waals surface area contributed by atoms with Crippen LogP contribution in [0.1, 0.15) is 51.5 Å². The number of rotatable bonds is 8. The number of benzene rings is 1. The minimum Gasteiger partial charge on any atom is -0.378 e. The highest BCUT2D eigenvalue weighted by Crippen LogP contribution is 2.28. The molecule has 4 rings (SSSR count). The van der Waals surface area contributed by atoms with Crippen LogP contribution in [0.5, 0.6) is 0 Å². The largest absolute Gasteiger partial charge is 0.378 e. The number of hydrogen-bond donors (Lipinski definition) is 0. The molecule has 0 unspecified atom stereocenters. The van der Waals surface area contributed by atoms with Gasteiger partial charge in [-0.05, 0) is 32.3 Å². The molecule has 1 aromatic heterocycles. The summed E-state index contributed by atoms with van der Waals surface area (Å²) in [4.78, 5) is 17.6. The minimum absolute atomic E-state index is 0.207. The van der Waals surface area contributed by atoms with E-state index < -0.39 is 0 Å². The summed E-state index contributed by atoms with van der Waals surface area (Å²) < 4.78 is 7.67. The van der Waals surface area contributed by atoms with Crippen molar-refractivity contribution in [3.8, 4) is 0 Å². The summed E-state index contributed by atoms with van der Waals surface area (Å²) in [6.45, 7) is 7.96. The maximum absolute atomic E-state index is 13.3. The first kappa shape index (κ1) is 23.1. The van der Waals surface area contributed by atoms with Crippen LogP contribution in [-0.2, 0) is 16.1 Å². The van der Waals surface area contributed by atoms with E-state index in [1.807, 2.05) is 6.07 Å². The van der Waals surface area contributed by atoms with E-state index in [9.17, 15) is 4.79 Å². The number of nitrogens with zero attached hydrogens (tertiary/aromatic N) is 5. The Hall–Kier alpha value is -2.06. The van der Waals surface area contributed by atoms with Gasteiger partial charge in [0.15, 0.2) is 5.16 Å². The lowest BCUT2D eigenvalue weighted by Gasteiger charge is -2.37. The summed E-state index contributed by atoms with van der Waals surface area (Å²) in [5.41, 5.74) is 1.20. The fraction of sp³-hybridized carbons (Fsp3) is 0.625. The zero-order valence-electron chi connectivity index (χ0n) is 19.3. The first-order chi connectivity index (χ1) is 15.6. The molecule has 2 aliphatic rings. The third-order valence-electron chi connectivity index (χ3n) is 6.31. The second-order valence-corrected chi connectivity index (χ2v) is 9.87. The number of ether oxygens (including phenoxy) is 1. The van der Waals surface area contributed by atoms with E-state index >= 15 is 0 Å². The van der Waals surface area contributed by atoms with Gasteiger partial charge in [0.2, 0.25) is 11.9 Å². The molecule has 8 heteroatoms. The fourth-order valence-corrected chi connectivity index (χ4v) is 5.56. The number of thioether (sulfide) groups is 1. The molecule has 0 atom stereocenters. The maximum atomic E-state index is 13.3. The van der Waals surface area contributed by atoms with Crippen molar-refractivity contribution < 1.29 is 9.53 Å². The molecular formula is C24H35N5O2S. The number of hydrogen-bond acceptors (Lipinski definition) is 6. The molecule has 1 amide bonds. The lowest BCUT2D eigenvalue weighted by atomic mass is 9.93. The molecule has 1 aliphatic heterocycles. The highest BCUT2D eigenvalue weighted by atomic mass is 32.2. The van der Waals surface area contributed by atoms with Crippen LogP contribution in [0.4, 0.5) is 5.95 Å².